The molecule has 1 heterocycles. The number of aliphatic hydroxyl groups is 1. The fraction of sp³-hybridized carbons (Fsp3) is 0.517. The standard InChI is InChI=1S/C29H40N2O5/c1-3-4-14-30-29(35)20(2)16-26(33)24-18-21-12-13-25(32)23(17-21)19-22-9-5-6-10-27(22)36-15-8-7-11-28(34)31-24/h5-6,9-10,12-13,17,20,24,26,32-33H,3-4,7-8,11,14-16,18-19H2,1-2H3,(H,30,35)(H,31,34)/t20-,24+,26+/m1/s1. The molecule has 7 heteroatoms. The predicted octanol–water partition coefficient (Wildman–Crippen LogP) is 3.88. The smallest absolute Gasteiger partial charge is 0.222 e. The van der Waals surface area contributed by atoms with Gasteiger partial charge in [-0.15, -0.1) is 0 Å². The van der Waals surface area contributed by atoms with E-state index in [2.05, 4.69) is 17.6 Å². The molecule has 0 unspecified atom stereocenters. The molecule has 1 aliphatic rings. The Morgan fingerprint density at radius 1 is 1.19 bits per heavy atom. The summed E-state index contributed by atoms with van der Waals surface area (Å²) in [6, 6.07) is 12.6. The molecule has 0 fully saturated rings. The van der Waals surface area contributed by atoms with Crippen LogP contribution in [-0.2, 0) is 22.4 Å². The first kappa shape index (κ1) is 27.5. The minimum atomic E-state index is -0.891. The quantitative estimate of drug-likeness (QED) is 0.435. The minimum absolute atomic E-state index is 0.0865. The zero-order chi connectivity index (χ0) is 25.9. The maximum atomic E-state index is 12.7. The van der Waals surface area contributed by atoms with E-state index in [9.17, 15) is 19.8 Å². The van der Waals surface area contributed by atoms with Crippen molar-refractivity contribution in [2.45, 2.75) is 77.4 Å². The van der Waals surface area contributed by atoms with Crippen LogP contribution in [0.5, 0.6) is 11.5 Å². The van der Waals surface area contributed by atoms with Gasteiger partial charge in [0.1, 0.15) is 11.5 Å². The molecule has 3 rings (SSSR count). The van der Waals surface area contributed by atoms with Gasteiger partial charge in [-0.05, 0) is 60.9 Å². The number of hydrogen-bond acceptors (Lipinski definition) is 5. The molecule has 3 atom stereocenters. The number of phenols is 1. The first-order valence-electron chi connectivity index (χ1n) is 13.1. The second kappa shape index (κ2) is 13.9. The van der Waals surface area contributed by atoms with Crippen molar-refractivity contribution in [3.8, 4) is 11.5 Å². The first-order valence-corrected chi connectivity index (χ1v) is 13.1. The Morgan fingerprint density at radius 2 is 2.00 bits per heavy atom. The molecule has 2 bridgehead atoms. The lowest BCUT2D eigenvalue weighted by atomic mass is 9.92. The zero-order valence-corrected chi connectivity index (χ0v) is 21.5. The maximum Gasteiger partial charge on any atom is 0.222 e. The van der Waals surface area contributed by atoms with Crippen LogP contribution in [0.4, 0.5) is 0 Å². The van der Waals surface area contributed by atoms with Gasteiger partial charge in [0.25, 0.3) is 0 Å². The molecule has 4 N–H and O–H groups in total. The molecule has 196 valence electrons. The maximum absolute atomic E-state index is 12.7. The Morgan fingerprint density at radius 3 is 2.81 bits per heavy atom. The van der Waals surface area contributed by atoms with Crippen molar-refractivity contribution in [2.24, 2.45) is 5.92 Å². The summed E-state index contributed by atoms with van der Waals surface area (Å²) in [5.74, 6) is 0.372. The Kier molecular flexibility index (Phi) is 10.6. The first-order chi connectivity index (χ1) is 17.4. The number of aromatic hydroxyl groups is 1. The number of amides is 2. The van der Waals surface area contributed by atoms with E-state index in [0.717, 1.165) is 41.7 Å². The molecule has 0 aromatic heterocycles. The van der Waals surface area contributed by atoms with Gasteiger partial charge in [-0.2, -0.15) is 0 Å². The van der Waals surface area contributed by atoms with Gasteiger partial charge in [0.05, 0.1) is 18.8 Å². The third-order valence-electron chi connectivity index (χ3n) is 6.69. The summed E-state index contributed by atoms with van der Waals surface area (Å²) in [6.45, 7) is 4.98. The highest BCUT2D eigenvalue weighted by atomic mass is 16.5. The lowest BCUT2D eigenvalue weighted by molar-refractivity contribution is -0.125. The van der Waals surface area contributed by atoms with Crippen LogP contribution in [0, 0.1) is 5.92 Å². The molecular formula is C29H40N2O5. The normalized spacial score (nSPS) is 18.4. The molecule has 0 spiro atoms. The molecular weight excluding hydrogens is 456 g/mol. The zero-order valence-electron chi connectivity index (χ0n) is 21.5. The number of ether oxygens (including phenoxy) is 1. The monoisotopic (exact) mass is 496 g/mol. The van der Waals surface area contributed by atoms with Crippen molar-refractivity contribution < 1.29 is 24.5 Å². The number of carbonyl (C=O) groups excluding carboxylic acids is 2. The molecule has 2 aromatic rings. The van der Waals surface area contributed by atoms with Gasteiger partial charge in [-0.3, -0.25) is 9.59 Å². The van der Waals surface area contributed by atoms with Crippen LogP contribution < -0.4 is 15.4 Å². The number of para-hydroxylation sites is 1. The highest BCUT2D eigenvalue weighted by molar-refractivity contribution is 5.78. The van der Waals surface area contributed by atoms with Crippen LogP contribution >= 0.6 is 0 Å². The number of carbonyl (C=O) groups is 2. The number of nitrogens with one attached hydrogen (secondary N) is 2. The van der Waals surface area contributed by atoms with E-state index in [0.29, 0.717) is 38.8 Å². The summed E-state index contributed by atoms with van der Waals surface area (Å²) in [5, 5.41) is 27.5. The van der Waals surface area contributed by atoms with Crippen LogP contribution in [0.3, 0.4) is 0 Å². The molecule has 0 saturated heterocycles. The molecule has 0 radical (unpaired) electrons. The van der Waals surface area contributed by atoms with E-state index in [-0.39, 0.29) is 29.9 Å². The largest absolute Gasteiger partial charge is 0.508 e. The van der Waals surface area contributed by atoms with Gasteiger partial charge < -0.3 is 25.6 Å². The summed E-state index contributed by atoms with van der Waals surface area (Å²) in [7, 11) is 0. The van der Waals surface area contributed by atoms with Gasteiger partial charge in [-0.1, -0.05) is 50.6 Å². The SMILES string of the molecule is CCCCNC(=O)[C@H](C)C[C@H](O)[C@@H]1Cc2ccc(O)c(c2)Cc2ccccc2OCCCCC(=O)N1. The highest BCUT2D eigenvalue weighted by Crippen LogP contribution is 2.28. The van der Waals surface area contributed by atoms with Crippen molar-refractivity contribution >= 4 is 11.8 Å². The summed E-state index contributed by atoms with van der Waals surface area (Å²) in [6.07, 6.45) is 3.89. The summed E-state index contributed by atoms with van der Waals surface area (Å²) in [5.41, 5.74) is 2.62. The Labute approximate surface area is 214 Å². The number of hydrogen-bond donors (Lipinski definition) is 4. The molecule has 2 aromatic carbocycles. The number of benzene rings is 2. The van der Waals surface area contributed by atoms with Crippen molar-refractivity contribution in [1.29, 1.82) is 0 Å². The van der Waals surface area contributed by atoms with Crippen molar-refractivity contribution in [2.75, 3.05) is 13.2 Å². The van der Waals surface area contributed by atoms with Crippen molar-refractivity contribution in [3.05, 3.63) is 59.2 Å². The van der Waals surface area contributed by atoms with Crippen LogP contribution in [-0.4, -0.2) is 47.3 Å². The van der Waals surface area contributed by atoms with E-state index < -0.39 is 12.1 Å². The Hall–Kier alpha value is -3.06. The number of rotatable bonds is 7. The summed E-state index contributed by atoms with van der Waals surface area (Å²) >= 11 is 0. The fourth-order valence-corrected chi connectivity index (χ4v) is 4.49. The highest BCUT2D eigenvalue weighted by Gasteiger charge is 2.26. The average molecular weight is 497 g/mol. The fourth-order valence-electron chi connectivity index (χ4n) is 4.49. The molecule has 0 aliphatic carbocycles. The van der Waals surface area contributed by atoms with Gasteiger partial charge in [0.15, 0.2) is 0 Å². The van der Waals surface area contributed by atoms with E-state index >= 15 is 0 Å². The van der Waals surface area contributed by atoms with Crippen LogP contribution in [0.15, 0.2) is 42.5 Å². The van der Waals surface area contributed by atoms with Crippen LogP contribution in [0.1, 0.15) is 69.1 Å². The van der Waals surface area contributed by atoms with E-state index in [1.807, 2.05) is 36.4 Å². The van der Waals surface area contributed by atoms with Crippen LogP contribution in [0.2, 0.25) is 0 Å². The van der Waals surface area contributed by atoms with Crippen molar-refractivity contribution in [1.82, 2.24) is 10.6 Å². The second-order valence-corrected chi connectivity index (χ2v) is 9.78. The van der Waals surface area contributed by atoms with Gasteiger partial charge in [-0.25, -0.2) is 0 Å². The number of phenolic OH excluding ortho intramolecular Hbond substituents is 1. The molecule has 2 amide bonds. The topological polar surface area (TPSA) is 108 Å². The van der Waals surface area contributed by atoms with E-state index in [1.54, 1.807) is 13.0 Å². The molecule has 0 saturated carbocycles. The van der Waals surface area contributed by atoms with Gasteiger partial charge in [0.2, 0.25) is 11.8 Å². The molecule has 7 nitrogen and oxygen atoms in total. The van der Waals surface area contributed by atoms with Gasteiger partial charge >= 0.3 is 0 Å². The average Bonchev–Trinajstić information content (AvgIpc) is 2.86. The van der Waals surface area contributed by atoms with Gasteiger partial charge in [0, 0.05) is 25.3 Å². The summed E-state index contributed by atoms with van der Waals surface area (Å²) in [4.78, 5) is 25.2. The minimum Gasteiger partial charge on any atom is -0.508 e. The third kappa shape index (κ3) is 8.26. The lowest BCUT2D eigenvalue weighted by Crippen LogP contribution is -2.46. The van der Waals surface area contributed by atoms with E-state index in [4.69, 9.17) is 4.74 Å². The predicted molar refractivity (Wildman–Crippen MR) is 140 cm³/mol. The molecule has 1 aliphatic heterocycles. The van der Waals surface area contributed by atoms with Crippen LogP contribution in [0.25, 0.3) is 0 Å². The summed E-state index contributed by atoms with van der Waals surface area (Å²) < 4.78 is 5.98. The number of aliphatic hydroxyl groups excluding tert-OH is 1. The van der Waals surface area contributed by atoms with E-state index in [1.165, 1.54) is 0 Å². The number of unbranched alkanes of at least 4 members (excludes halogenated alkanes) is 1. The number of fused-ring (bicyclic) bond motifs is 3. The third-order valence-corrected chi connectivity index (χ3v) is 6.69. The second-order valence-electron chi connectivity index (χ2n) is 9.78. The lowest BCUT2D eigenvalue weighted by Gasteiger charge is -2.26. The van der Waals surface area contributed by atoms with Crippen molar-refractivity contribution in [3.63, 3.8) is 0 Å². The molecule has 36 heavy (non-hydrogen) atoms. The Bertz CT molecular complexity index is 1010. The Balaban J connectivity index is 1.80.